The Morgan fingerprint density at radius 2 is 1.81 bits per heavy atom. The van der Waals surface area contributed by atoms with Crippen molar-refractivity contribution in [1.82, 2.24) is 4.31 Å². The Labute approximate surface area is 128 Å². The van der Waals surface area contributed by atoms with Gasteiger partial charge in [-0.05, 0) is 36.0 Å². The number of hydrogen-bond donors (Lipinski definition) is 1. The van der Waals surface area contributed by atoms with E-state index in [1.165, 1.54) is 0 Å². The zero-order valence-corrected chi connectivity index (χ0v) is 14.0. The molecule has 0 amide bonds. The van der Waals surface area contributed by atoms with Gasteiger partial charge in [-0.2, -0.15) is 4.31 Å². The van der Waals surface area contributed by atoms with Gasteiger partial charge in [-0.25, -0.2) is 8.42 Å². The molecule has 1 unspecified atom stereocenters. The molecular formula is C16H26N2O2S. The highest BCUT2D eigenvalue weighted by atomic mass is 32.2. The van der Waals surface area contributed by atoms with Gasteiger partial charge < -0.3 is 5.73 Å². The number of nitrogens with two attached hydrogens (primary N) is 1. The van der Waals surface area contributed by atoms with E-state index >= 15 is 0 Å². The van der Waals surface area contributed by atoms with Crippen LogP contribution in [0, 0.1) is 0 Å². The third-order valence-corrected chi connectivity index (χ3v) is 6.14. The number of piperidine rings is 1. The highest BCUT2D eigenvalue weighted by Crippen LogP contribution is 2.27. The van der Waals surface area contributed by atoms with Crippen molar-refractivity contribution < 1.29 is 8.42 Å². The monoisotopic (exact) mass is 310 g/mol. The molecule has 2 N–H and O–H groups in total. The molecule has 1 aromatic carbocycles. The summed E-state index contributed by atoms with van der Waals surface area (Å²) in [7, 11) is -3.43. The standard InChI is InChI=1S/C16H26N2O2S/c1-16(2,3)13-7-9-15(10-8-13)21(19,20)18-11-5-4-6-14(18)12-17/h7-10,14H,4-6,11-12,17H2,1-3H3. The van der Waals surface area contributed by atoms with E-state index in [0.29, 0.717) is 18.0 Å². The van der Waals surface area contributed by atoms with Crippen LogP contribution in [0.2, 0.25) is 0 Å². The average Bonchev–Trinajstić information content (AvgIpc) is 2.46. The topological polar surface area (TPSA) is 63.4 Å². The van der Waals surface area contributed by atoms with Crippen LogP contribution < -0.4 is 5.73 Å². The fraction of sp³-hybridized carbons (Fsp3) is 0.625. The first-order valence-corrected chi connectivity index (χ1v) is 9.03. The molecule has 1 heterocycles. The summed E-state index contributed by atoms with van der Waals surface area (Å²) in [6.07, 6.45) is 2.82. The molecular weight excluding hydrogens is 284 g/mol. The van der Waals surface area contributed by atoms with Crippen LogP contribution in [0.3, 0.4) is 0 Å². The van der Waals surface area contributed by atoms with Crippen molar-refractivity contribution >= 4 is 10.0 Å². The van der Waals surface area contributed by atoms with Crippen molar-refractivity contribution in [3.8, 4) is 0 Å². The van der Waals surface area contributed by atoms with Gasteiger partial charge in [0, 0.05) is 19.1 Å². The average molecular weight is 310 g/mol. The van der Waals surface area contributed by atoms with Gasteiger partial charge in [0.05, 0.1) is 4.90 Å². The van der Waals surface area contributed by atoms with E-state index in [9.17, 15) is 8.42 Å². The van der Waals surface area contributed by atoms with Gasteiger partial charge in [0.1, 0.15) is 0 Å². The summed E-state index contributed by atoms with van der Waals surface area (Å²) in [5.74, 6) is 0. The maximum atomic E-state index is 12.8. The summed E-state index contributed by atoms with van der Waals surface area (Å²) in [4.78, 5) is 0.371. The Kier molecular flexibility index (Phi) is 4.76. The molecule has 0 aromatic heterocycles. The summed E-state index contributed by atoms with van der Waals surface area (Å²) in [5, 5.41) is 0. The molecule has 21 heavy (non-hydrogen) atoms. The second-order valence-corrected chi connectivity index (χ2v) is 8.67. The molecule has 0 radical (unpaired) electrons. The zero-order valence-electron chi connectivity index (χ0n) is 13.2. The van der Waals surface area contributed by atoms with Crippen LogP contribution >= 0.6 is 0 Å². The quantitative estimate of drug-likeness (QED) is 0.933. The summed E-state index contributed by atoms with van der Waals surface area (Å²) in [6, 6.07) is 7.20. The van der Waals surface area contributed by atoms with Gasteiger partial charge in [-0.15, -0.1) is 0 Å². The molecule has 0 aliphatic carbocycles. The van der Waals surface area contributed by atoms with Crippen LogP contribution in [0.4, 0.5) is 0 Å². The molecule has 1 saturated heterocycles. The summed E-state index contributed by atoms with van der Waals surface area (Å²) in [5.41, 5.74) is 6.90. The molecule has 1 aliphatic heterocycles. The summed E-state index contributed by atoms with van der Waals surface area (Å²) < 4.78 is 27.2. The first-order chi connectivity index (χ1) is 9.76. The van der Waals surface area contributed by atoms with Crippen LogP contribution in [-0.4, -0.2) is 31.9 Å². The van der Waals surface area contributed by atoms with Crippen molar-refractivity contribution in [3.05, 3.63) is 29.8 Å². The maximum absolute atomic E-state index is 12.8. The van der Waals surface area contributed by atoms with Gasteiger partial charge in [0.25, 0.3) is 0 Å². The molecule has 4 nitrogen and oxygen atoms in total. The van der Waals surface area contributed by atoms with Crippen LogP contribution in [0.5, 0.6) is 0 Å². The van der Waals surface area contributed by atoms with Gasteiger partial charge in [-0.3, -0.25) is 0 Å². The lowest BCUT2D eigenvalue weighted by Crippen LogP contribution is -2.47. The minimum Gasteiger partial charge on any atom is -0.329 e. The van der Waals surface area contributed by atoms with Crippen molar-refractivity contribution in [1.29, 1.82) is 0 Å². The molecule has 0 bridgehead atoms. The minimum absolute atomic E-state index is 0.0210. The van der Waals surface area contributed by atoms with Crippen LogP contribution in [0.15, 0.2) is 29.2 Å². The van der Waals surface area contributed by atoms with Crippen LogP contribution in [-0.2, 0) is 15.4 Å². The van der Waals surface area contributed by atoms with E-state index < -0.39 is 10.0 Å². The third-order valence-electron chi connectivity index (χ3n) is 4.17. The van der Waals surface area contributed by atoms with Crippen LogP contribution in [0.25, 0.3) is 0 Å². The smallest absolute Gasteiger partial charge is 0.243 e. The zero-order chi connectivity index (χ0) is 15.7. The van der Waals surface area contributed by atoms with E-state index in [-0.39, 0.29) is 11.5 Å². The summed E-state index contributed by atoms with van der Waals surface area (Å²) >= 11 is 0. The minimum atomic E-state index is -3.43. The SMILES string of the molecule is CC(C)(C)c1ccc(S(=O)(=O)N2CCCCC2CN)cc1. The van der Waals surface area contributed by atoms with Gasteiger partial charge in [-0.1, -0.05) is 39.3 Å². The van der Waals surface area contributed by atoms with E-state index in [1.54, 1.807) is 16.4 Å². The Balaban J connectivity index is 2.31. The Morgan fingerprint density at radius 3 is 2.33 bits per heavy atom. The van der Waals surface area contributed by atoms with Crippen molar-refractivity contribution in [2.75, 3.05) is 13.1 Å². The van der Waals surface area contributed by atoms with Crippen LogP contribution in [0.1, 0.15) is 45.6 Å². The lowest BCUT2D eigenvalue weighted by Gasteiger charge is -2.34. The third kappa shape index (κ3) is 3.47. The molecule has 0 spiro atoms. The molecule has 1 atom stereocenters. The number of hydrogen-bond acceptors (Lipinski definition) is 3. The number of nitrogens with zero attached hydrogens (tertiary/aromatic N) is 1. The Bertz CT molecular complexity index is 573. The fourth-order valence-corrected chi connectivity index (χ4v) is 4.49. The van der Waals surface area contributed by atoms with E-state index in [4.69, 9.17) is 5.73 Å². The van der Waals surface area contributed by atoms with E-state index in [0.717, 1.165) is 24.8 Å². The Morgan fingerprint density at radius 1 is 1.19 bits per heavy atom. The highest BCUT2D eigenvalue weighted by Gasteiger charge is 2.32. The van der Waals surface area contributed by atoms with Crippen molar-refractivity contribution in [2.24, 2.45) is 5.73 Å². The first-order valence-electron chi connectivity index (χ1n) is 7.59. The predicted molar refractivity (Wildman–Crippen MR) is 85.7 cm³/mol. The second-order valence-electron chi connectivity index (χ2n) is 6.78. The van der Waals surface area contributed by atoms with E-state index in [2.05, 4.69) is 20.8 Å². The number of benzene rings is 1. The lowest BCUT2D eigenvalue weighted by atomic mass is 9.87. The molecule has 5 heteroatoms. The molecule has 1 fully saturated rings. The molecule has 0 saturated carbocycles. The maximum Gasteiger partial charge on any atom is 0.243 e. The largest absolute Gasteiger partial charge is 0.329 e. The van der Waals surface area contributed by atoms with Gasteiger partial charge in [0.2, 0.25) is 10.0 Å². The highest BCUT2D eigenvalue weighted by molar-refractivity contribution is 7.89. The summed E-state index contributed by atoms with van der Waals surface area (Å²) in [6.45, 7) is 7.31. The molecule has 1 aliphatic rings. The van der Waals surface area contributed by atoms with E-state index in [1.807, 2.05) is 12.1 Å². The second kappa shape index (κ2) is 6.07. The fourth-order valence-electron chi connectivity index (χ4n) is 2.79. The molecule has 1 aromatic rings. The predicted octanol–water partition coefficient (Wildman–Crippen LogP) is 2.49. The first kappa shape index (κ1) is 16.5. The molecule has 2 rings (SSSR count). The number of rotatable bonds is 3. The number of sulfonamides is 1. The van der Waals surface area contributed by atoms with Gasteiger partial charge >= 0.3 is 0 Å². The van der Waals surface area contributed by atoms with Crippen molar-refractivity contribution in [2.45, 2.75) is 56.4 Å². The van der Waals surface area contributed by atoms with Gasteiger partial charge in [0.15, 0.2) is 0 Å². The van der Waals surface area contributed by atoms with Crippen molar-refractivity contribution in [3.63, 3.8) is 0 Å². The Hall–Kier alpha value is -0.910. The normalized spacial score (nSPS) is 21.4. The molecule has 118 valence electrons. The lowest BCUT2D eigenvalue weighted by molar-refractivity contribution is 0.257.